The van der Waals surface area contributed by atoms with Crippen molar-refractivity contribution in [3.05, 3.63) is 35.5 Å². The maximum atomic E-state index is 10.1. The molecule has 0 aliphatic carbocycles. The number of aliphatic hydroxyl groups is 1. The van der Waals surface area contributed by atoms with Crippen molar-refractivity contribution in [2.45, 2.75) is 40.9 Å². The average Bonchev–Trinajstić information content (AvgIpc) is 2.40. The van der Waals surface area contributed by atoms with Crippen LogP contribution in [0.1, 0.15) is 34.6 Å². The van der Waals surface area contributed by atoms with Gasteiger partial charge in [-0.25, -0.2) is 0 Å². The van der Waals surface area contributed by atoms with Crippen LogP contribution in [0.3, 0.4) is 0 Å². The van der Waals surface area contributed by atoms with Gasteiger partial charge in [-0.3, -0.25) is 4.79 Å². The number of carbonyl (C=O) groups excluding carboxylic acids is 1. The zero-order valence-electron chi connectivity index (χ0n) is 13.3. The first-order chi connectivity index (χ1) is 9.51. The second-order valence-electron chi connectivity index (χ2n) is 4.00. The fraction of sp³-hybridized carbons (Fsp3) is 0.562. The van der Waals surface area contributed by atoms with Crippen LogP contribution in [0.25, 0.3) is 0 Å². The molecule has 0 atom stereocenters. The third-order valence-electron chi connectivity index (χ3n) is 2.12. The summed E-state index contributed by atoms with van der Waals surface area (Å²) in [5, 5.41) is 8.51. The van der Waals surface area contributed by atoms with Crippen LogP contribution >= 0.6 is 0 Å². The van der Waals surface area contributed by atoms with Gasteiger partial charge >= 0.3 is 0 Å². The maximum Gasteiger partial charge on any atom is 0.154 e. The van der Waals surface area contributed by atoms with Gasteiger partial charge in [-0.05, 0) is 40.2 Å². The lowest BCUT2D eigenvalue weighted by molar-refractivity contribution is -0.123. The van der Waals surface area contributed by atoms with Crippen molar-refractivity contribution in [3.63, 3.8) is 0 Å². The molecule has 0 fully saturated rings. The Morgan fingerprint density at radius 1 is 1.15 bits per heavy atom. The van der Waals surface area contributed by atoms with E-state index in [4.69, 9.17) is 14.6 Å². The fourth-order valence-electron chi connectivity index (χ4n) is 1.12. The Morgan fingerprint density at radius 3 is 2.10 bits per heavy atom. The van der Waals surface area contributed by atoms with E-state index < -0.39 is 0 Å². The fourth-order valence-corrected chi connectivity index (χ4v) is 1.12. The number of hydrogen-bond acceptors (Lipinski definition) is 4. The molecule has 116 valence electrons. The van der Waals surface area contributed by atoms with Crippen LogP contribution in [0.4, 0.5) is 0 Å². The van der Waals surface area contributed by atoms with E-state index in [1.807, 2.05) is 33.8 Å². The van der Waals surface area contributed by atoms with E-state index in [0.29, 0.717) is 5.57 Å². The van der Waals surface area contributed by atoms with E-state index in [9.17, 15) is 4.79 Å². The van der Waals surface area contributed by atoms with Crippen LogP contribution in [0, 0.1) is 0 Å². The Bertz CT molecular complexity index is 310. The molecule has 0 aliphatic rings. The number of aldehydes is 1. The molecule has 0 radical (unpaired) electrons. The van der Waals surface area contributed by atoms with Gasteiger partial charge in [0.2, 0.25) is 0 Å². The molecule has 0 aromatic heterocycles. The van der Waals surface area contributed by atoms with E-state index in [1.165, 1.54) is 0 Å². The number of carbonyl (C=O) groups is 1. The molecule has 0 aliphatic heterocycles. The first-order valence-corrected chi connectivity index (χ1v) is 6.82. The third kappa shape index (κ3) is 16.8. The molecule has 20 heavy (non-hydrogen) atoms. The van der Waals surface area contributed by atoms with Gasteiger partial charge in [0.1, 0.15) is 6.29 Å². The Hall–Kier alpha value is -1.23. The first-order valence-electron chi connectivity index (χ1n) is 6.82. The Balaban J connectivity index is 0. The number of allylic oxidation sites excluding steroid dienone is 5. The molecule has 0 rings (SSSR count). The Morgan fingerprint density at radius 2 is 1.70 bits per heavy atom. The van der Waals surface area contributed by atoms with E-state index in [0.717, 1.165) is 25.1 Å². The standard InChI is InChI=1S/C10H14O2.C6H14O2/c1-9(6-7-11)4-3-5-10(2)8-12;1-4-7-6(3)8-5-2/h3-6,8,11H,7H2,1-2H3;6H,4-5H2,1-3H3/b4-3+,9-6+,10-5+;. The molecule has 0 saturated carbocycles. The molecule has 0 bridgehead atoms. The molecule has 0 heterocycles. The third-order valence-corrected chi connectivity index (χ3v) is 2.12. The van der Waals surface area contributed by atoms with Crippen LogP contribution in [-0.2, 0) is 14.3 Å². The predicted octanol–water partition coefficient (Wildman–Crippen LogP) is 3.03. The van der Waals surface area contributed by atoms with Gasteiger partial charge in [-0.15, -0.1) is 0 Å². The summed E-state index contributed by atoms with van der Waals surface area (Å²) in [5.41, 5.74) is 1.66. The summed E-state index contributed by atoms with van der Waals surface area (Å²) in [7, 11) is 0. The SMILES string of the molecule is CCOC(C)OCC.C\C(C=O)=C/C=C/C(C)=C/CO. The zero-order valence-corrected chi connectivity index (χ0v) is 13.3. The molecule has 0 amide bonds. The van der Waals surface area contributed by atoms with Crippen LogP contribution in [-0.4, -0.2) is 37.5 Å². The average molecular weight is 284 g/mol. The van der Waals surface area contributed by atoms with Gasteiger partial charge in [-0.1, -0.05) is 29.9 Å². The van der Waals surface area contributed by atoms with Gasteiger partial charge in [-0.2, -0.15) is 0 Å². The first kappa shape index (κ1) is 21.1. The van der Waals surface area contributed by atoms with Crippen LogP contribution in [0.15, 0.2) is 35.5 Å². The van der Waals surface area contributed by atoms with E-state index in [-0.39, 0.29) is 12.9 Å². The minimum absolute atomic E-state index is 0.0370. The largest absolute Gasteiger partial charge is 0.392 e. The predicted molar refractivity (Wildman–Crippen MR) is 82.5 cm³/mol. The van der Waals surface area contributed by atoms with Gasteiger partial charge < -0.3 is 14.6 Å². The van der Waals surface area contributed by atoms with Crippen molar-refractivity contribution < 1.29 is 19.4 Å². The molecule has 0 saturated heterocycles. The van der Waals surface area contributed by atoms with E-state index in [2.05, 4.69) is 0 Å². The molecule has 0 aromatic rings. The summed E-state index contributed by atoms with van der Waals surface area (Å²) in [6.45, 7) is 10.9. The van der Waals surface area contributed by atoms with E-state index in [1.54, 1.807) is 25.2 Å². The molecule has 1 N–H and O–H groups in total. The van der Waals surface area contributed by atoms with Gasteiger partial charge in [0.15, 0.2) is 6.29 Å². The van der Waals surface area contributed by atoms with Gasteiger partial charge in [0.05, 0.1) is 6.61 Å². The molecule has 4 heteroatoms. The Labute approximate surface area is 122 Å². The zero-order chi connectivity index (χ0) is 15.8. The quantitative estimate of drug-likeness (QED) is 0.322. The summed E-state index contributed by atoms with van der Waals surface area (Å²) in [6.07, 6.45) is 7.80. The van der Waals surface area contributed by atoms with Crippen molar-refractivity contribution in [2.75, 3.05) is 19.8 Å². The highest BCUT2D eigenvalue weighted by atomic mass is 16.7. The number of aliphatic hydroxyl groups excluding tert-OH is 1. The highest BCUT2D eigenvalue weighted by Crippen LogP contribution is 1.95. The number of rotatable bonds is 8. The van der Waals surface area contributed by atoms with Crippen LogP contribution < -0.4 is 0 Å². The second-order valence-corrected chi connectivity index (χ2v) is 4.00. The molecule has 4 nitrogen and oxygen atoms in total. The molecular weight excluding hydrogens is 256 g/mol. The summed E-state index contributed by atoms with van der Waals surface area (Å²) in [6, 6.07) is 0. The lowest BCUT2D eigenvalue weighted by Crippen LogP contribution is -2.11. The second kappa shape index (κ2) is 15.8. The Kier molecular flexibility index (Phi) is 16.7. The van der Waals surface area contributed by atoms with Crippen LogP contribution in [0.5, 0.6) is 0 Å². The van der Waals surface area contributed by atoms with Crippen molar-refractivity contribution in [1.82, 2.24) is 0 Å². The van der Waals surface area contributed by atoms with E-state index >= 15 is 0 Å². The van der Waals surface area contributed by atoms with Crippen molar-refractivity contribution in [3.8, 4) is 0 Å². The van der Waals surface area contributed by atoms with Crippen molar-refractivity contribution in [1.29, 1.82) is 0 Å². The number of hydrogen-bond donors (Lipinski definition) is 1. The normalized spacial score (nSPS) is 12.6. The summed E-state index contributed by atoms with van der Waals surface area (Å²) in [4.78, 5) is 10.1. The monoisotopic (exact) mass is 284 g/mol. The molecular formula is C16H28O4. The molecule has 0 aromatic carbocycles. The van der Waals surface area contributed by atoms with Crippen LogP contribution in [0.2, 0.25) is 0 Å². The maximum absolute atomic E-state index is 10.1. The smallest absolute Gasteiger partial charge is 0.154 e. The summed E-state index contributed by atoms with van der Waals surface area (Å²) < 4.78 is 10.1. The van der Waals surface area contributed by atoms with Gasteiger partial charge in [0.25, 0.3) is 0 Å². The van der Waals surface area contributed by atoms with Crippen molar-refractivity contribution >= 4 is 6.29 Å². The van der Waals surface area contributed by atoms with Gasteiger partial charge in [0, 0.05) is 13.2 Å². The minimum Gasteiger partial charge on any atom is -0.392 e. The minimum atomic E-state index is -0.0370. The van der Waals surface area contributed by atoms with Crippen molar-refractivity contribution in [2.24, 2.45) is 0 Å². The lowest BCUT2D eigenvalue weighted by atomic mass is 10.2. The highest BCUT2D eigenvalue weighted by molar-refractivity contribution is 5.72. The summed E-state index contributed by atoms with van der Waals surface area (Å²) in [5.74, 6) is 0. The highest BCUT2D eigenvalue weighted by Gasteiger charge is 1.94. The number of ether oxygens (including phenoxy) is 2. The molecule has 0 unspecified atom stereocenters. The molecule has 0 spiro atoms. The summed E-state index contributed by atoms with van der Waals surface area (Å²) >= 11 is 0. The topological polar surface area (TPSA) is 55.8 Å². The lowest BCUT2D eigenvalue weighted by Gasteiger charge is -2.09.